The lowest BCUT2D eigenvalue weighted by Gasteiger charge is -2.05. The Kier molecular flexibility index (Phi) is 5.63. The second-order valence-corrected chi connectivity index (χ2v) is 6.24. The summed E-state index contributed by atoms with van der Waals surface area (Å²) in [4.78, 5) is 12.3. The van der Waals surface area contributed by atoms with Gasteiger partial charge in [-0.25, -0.2) is 0 Å². The van der Waals surface area contributed by atoms with Crippen molar-refractivity contribution in [2.75, 3.05) is 0 Å². The maximum atomic E-state index is 12.3. The summed E-state index contributed by atoms with van der Waals surface area (Å²) in [5, 5.41) is 9.35. The number of hydrogen-bond acceptors (Lipinski definition) is 2. The summed E-state index contributed by atoms with van der Waals surface area (Å²) in [7, 11) is 0. The van der Waals surface area contributed by atoms with Crippen LogP contribution < -0.4 is 0 Å². The van der Waals surface area contributed by atoms with Gasteiger partial charge in [0.25, 0.3) is 0 Å². The van der Waals surface area contributed by atoms with Crippen LogP contribution in [0.3, 0.4) is 0 Å². The highest BCUT2D eigenvalue weighted by atomic mass is 16.3. The summed E-state index contributed by atoms with van der Waals surface area (Å²) in [5.74, 6) is 0.455. The number of hydrogen-bond donors (Lipinski definition) is 1. The van der Waals surface area contributed by atoms with Gasteiger partial charge >= 0.3 is 0 Å². The molecule has 0 atom stereocenters. The zero-order valence-corrected chi connectivity index (χ0v) is 14.2. The van der Waals surface area contributed by atoms with E-state index in [4.69, 9.17) is 0 Å². The van der Waals surface area contributed by atoms with Crippen LogP contribution in [-0.2, 0) is 6.42 Å². The first kappa shape index (κ1) is 17.0. The number of unbranched alkanes of at least 4 members (excludes halogenated alkanes) is 1. The lowest BCUT2D eigenvalue weighted by atomic mass is 9.99. The van der Waals surface area contributed by atoms with Crippen molar-refractivity contribution < 1.29 is 9.90 Å². The van der Waals surface area contributed by atoms with Crippen molar-refractivity contribution in [3.8, 4) is 16.9 Å². The first-order valence-corrected chi connectivity index (χ1v) is 8.69. The molecule has 0 aliphatic heterocycles. The second-order valence-electron chi connectivity index (χ2n) is 6.24. The Morgan fingerprint density at radius 3 is 1.96 bits per heavy atom. The number of phenolic OH excluding ortho intramolecular Hbond substituents is 1. The van der Waals surface area contributed by atoms with Gasteiger partial charge in [0.15, 0.2) is 5.78 Å². The van der Waals surface area contributed by atoms with Crippen LogP contribution in [0.2, 0.25) is 0 Å². The summed E-state index contributed by atoms with van der Waals surface area (Å²) in [6.45, 7) is 0. The molecular formula is C23H22O2. The maximum Gasteiger partial charge on any atom is 0.162 e. The van der Waals surface area contributed by atoms with E-state index >= 15 is 0 Å². The normalized spacial score (nSPS) is 10.6. The van der Waals surface area contributed by atoms with E-state index in [1.807, 2.05) is 42.5 Å². The Morgan fingerprint density at radius 1 is 0.720 bits per heavy atom. The van der Waals surface area contributed by atoms with E-state index in [-0.39, 0.29) is 11.5 Å². The molecule has 0 amide bonds. The van der Waals surface area contributed by atoms with Crippen LogP contribution in [0.5, 0.6) is 5.75 Å². The molecular weight excluding hydrogens is 308 g/mol. The van der Waals surface area contributed by atoms with E-state index in [0.717, 1.165) is 36.0 Å². The fourth-order valence-corrected chi connectivity index (χ4v) is 2.91. The molecule has 2 nitrogen and oxygen atoms in total. The minimum absolute atomic E-state index is 0.199. The Hall–Kier alpha value is -2.87. The van der Waals surface area contributed by atoms with Crippen molar-refractivity contribution in [3.05, 3.63) is 90.0 Å². The van der Waals surface area contributed by atoms with E-state index in [1.165, 1.54) is 5.56 Å². The highest BCUT2D eigenvalue weighted by Gasteiger charge is 2.06. The summed E-state index contributed by atoms with van der Waals surface area (Å²) in [6.07, 6.45) is 3.55. The molecule has 3 aromatic carbocycles. The molecule has 0 saturated heterocycles. The van der Waals surface area contributed by atoms with Gasteiger partial charge in [-0.15, -0.1) is 0 Å². The standard InChI is InChI=1S/C23H22O2/c24-22-16-14-20(15-17-22)19-10-12-21(13-11-19)23(25)9-5-4-8-18-6-2-1-3-7-18/h1-3,6-7,10-17,24H,4-5,8-9H2. The number of ketones is 1. The SMILES string of the molecule is O=C(CCCCc1ccccc1)c1ccc(-c2ccc(O)cc2)cc1. The van der Waals surface area contributed by atoms with Crippen LogP contribution >= 0.6 is 0 Å². The van der Waals surface area contributed by atoms with Crippen LogP contribution in [0, 0.1) is 0 Å². The molecule has 0 radical (unpaired) electrons. The van der Waals surface area contributed by atoms with Crippen molar-refractivity contribution >= 4 is 5.78 Å². The lowest BCUT2D eigenvalue weighted by Crippen LogP contribution is -1.99. The summed E-state index contributed by atoms with van der Waals surface area (Å²) in [5.41, 5.74) is 4.16. The van der Waals surface area contributed by atoms with Crippen molar-refractivity contribution in [3.63, 3.8) is 0 Å². The smallest absolute Gasteiger partial charge is 0.162 e. The largest absolute Gasteiger partial charge is 0.508 e. The molecule has 0 aliphatic rings. The molecule has 25 heavy (non-hydrogen) atoms. The van der Waals surface area contributed by atoms with Gasteiger partial charge in [0.1, 0.15) is 5.75 Å². The number of carbonyl (C=O) groups is 1. The van der Waals surface area contributed by atoms with Crippen LogP contribution in [0.15, 0.2) is 78.9 Å². The van der Waals surface area contributed by atoms with Crippen molar-refractivity contribution in [1.82, 2.24) is 0 Å². The number of phenols is 1. The minimum Gasteiger partial charge on any atom is -0.508 e. The molecule has 0 spiro atoms. The molecule has 0 heterocycles. The fraction of sp³-hybridized carbons (Fsp3) is 0.174. The van der Waals surface area contributed by atoms with Crippen LogP contribution in [0.4, 0.5) is 0 Å². The lowest BCUT2D eigenvalue weighted by molar-refractivity contribution is 0.0979. The van der Waals surface area contributed by atoms with E-state index in [1.54, 1.807) is 12.1 Å². The van der Waals surface area contributed by atoms with Crippen molar-refractivity contribution in [2.45, 2.75) is 25.7 Å². The molecule has 0 fully saturated rings. The number of aromatic hydroxyl groups is 1. The average Bonchev–Trinajstić information content (AvgIpc) is 2.67. The molecule has 0 bridgehead atoms. The monoisotopic (exact) mass is 330 g/mol. The fourth-order valence-electron chi connectivity index (χ4n) is 2.91. The van der Waals surface area contributed by atoms with E-state index in [9.17, 15) is 9.90 Å². The number of aryl methyl sites for hydroxylation is 1. The van der Waals surface area contributed by atoms with Gasteiger partial charge in [0, 0.05) is 12.0 Å². The summed E-state index contributed by atoms with van der Waals surface area (Å²) in [6, 6.07) is 25.2. The molecule has 1 N–H and O–H groups in total. The quantitative estimate of drug-likeness (QED) is 0.448. The molecule has 3 rings (SSSR count). The van der Waals surface area contributed by atoms with Gasteiger partial charge in [-0.3, -0.25) is 4.79 Å². The third kappa shape index (κ3) is 4.80. The van der Waals surface area contributed by atoms with E-state index < -0.39 is 0 Å². The van der Waals surface area contributed by atoms with Gasteiger partial charge in [-0.05, 0) is 48.1 Å². The Labute approximate surface area is 148 Å². The maximum absolute atomic E-state index is 12.3. The molecule has 126 valence electrons. The molecule has 0 unspecified atom stereocenters. The molecule has 0 aromatic heterocycles. The summed E-state index contributed by atoms with van der Waals surface area (Å²) >= 11 is 0. The van der Waals surface area contributed by atoms with E-state index in [2.05, 4.69) is 24.3 Å². The number of rotatable bonds is 7. The number of Topliss-reactive ketones (excluding diaryl/α,β-unsaturated/α-hetero) is 1. The van der Waals surface area contributed by atoms with Crippen LogP contribution in [0.25, 0.3) is 11.1 Å². The third-order valence-corrected chi connectivity index (χ3v) is 4.37. The first-order chi connectivity index (χ1) is 12.2. The van der Waals surface area contributed by atoms with E-state index in [0.29, 0.717) is 6.42 Å². The minimum atomic E-state index is 0.199. The molecule has 0 aliphatic carbocycles. The van der Waals surface area contributed by atoms with Crippen molar-refractivity contribution in [2.24, 2.45) is 0 Å². The zero-order chi connectivity index (χ0) is 17.5. The van der Waals surface area contributed by atoms with Gasteiger partial charge in [0.05, 0.1) is 0 Å². The van der Waals surface area contributed by atoms with Gasteiger partial charge in [-0.1, -0.05) is 66.7 Å². The topological polar surface area (TPSA) is 37.3 Å². The second kappa shape index (κ2) is 8.29. The van der Waals surface area contributed by atoms with Crippen LogP contribution in [-0.4, -0.2) is 10.9 Å². The summed E-state index contributed by atoms with van der Waals surface area (Å²) < 4.78 is 0. The molecule has 2 heteroatoms. The van der Waals surface area contributed by atoms with Gasteiger partial charge in [-0.2, -0.15) is 0 Å². The highest BCUT2D eigenvalue weighted by Crippen LogP contribution is 2.22. The number of benzene rings is 3. The molecule has 3 aromatic rings. The molecule has 0 saturated carbocycles. The number of carbonyl (C=O) groups excluding carboxylic acids is 1. The average molecular weight is 330 g/mol. The highest BCUT2D eigenvalue weighted by molar-refractivity contribution is 5.96. The van der Waals surface area contributed by atoms with Crippen LogP contribution in [0.1, 0.15) is 35.2 Å². The zero-order valence-electron chi connectivity index (χ0n) is 14.2. The van der Waals surface area contributed by atoms with Gasteiger partial charge < -0.3 is 5.11 Å². The predicted octanol–water partition coefficient (Wildman–Crippen LogP) is 5.65. The van der Waals surface area contributed by atoms with Gasteiger partial charge in [0.2, 0.25) is 0 Å². The van der Waals surface area contributed by atoms with Crippen molar-refractivity contribution in [1.29, 1.82) is 0 Å². The third-order valence-electron chi connectivity index (χ3n) is 4.37. The first-order valence-electron chi connectivity index (χ1n) is 8.69. The Balaban J connectivity index is 1.51. The Morgan fingerprint density at radius 2 is 1.32 bits per heavy atom. The predicted molar refractivity (Wildman–Crippen MR) is 102 cm³/mol. The Bertz CT molecular complexity index is 803.